The van der Waals surface area contributed by atoms with E-state index in [2.05, 4.69) is 15.3 Å². The van der Waals surface area contributed by atoms with Crippen LogP contribution in [0.3, 0.4) is 0 Å². The van der Waals surface area contributed by atoms with E-state index in [9.17, 15) is 13.2 Å². The first kappa shape index (κ1) is 14.7. The summed E-state index contributed by atoms with van der Waals surface area (Å²) in [6.07, 6.45) is -2.53. The van der Waals surface area contributed by atoms with E-state index in [1.807, 2.05) is 13.8 Å². The van der Waals surface area contributed by atoms with Crippen molar-refractivity contribution in [1.29, 1.82) is 0 Å². The molecule has 102 valence electrons. The summed E-state index contributed by atoms with van der Waals surface area (Å²) in [5.74, 6) is -0.0191. The van der Waals surface area contributed by atoms with Crippen LogP contribution in [0.25, 0.3) is 0 Å². The Kier molecular flexibility index (Phi) is 5.33. The van der Waals surface area contributed by atoms with E-state index in [0.29, 0.717) is 19.6 Å². The van der Waals surface area contributed by atoms with E-state index in [1.165, 1.54) is 0 Å². The molecule has 0 aliphatic rings. The van der Waals surface area contributed by atoms with E-state index in [4.69, 9.17) is 4.74 Å². The zero-order valence-corrected chi connectivity index (χ0v) is 10.3. The molecule has 1 N–H and O–H groups in total. The zero-order chi connectivity index (χ0) is 13.6. The molecule has 0 aliphatic carbocycles. The van der Waals surface area contributed by atoms with Crippen molar-refractivity contribution < 1.29 is 17.9 Å². The minimum atomic E-state index is -4.44. The van der Waals surface area contributed by atoms with Gasteiger partial charge in [0.25, 0.3) is 0 Å². The molecule has 1 aromatic heterocycles. The molecule has 0 amide bonds. The first-order chi connectivity index (χ1) is 8.39. The molecule has 0 spiro atoms. The third kappa shape index (κ3) is 5.31. The van der Waals surface area contributed by atoms with Gasteiger partial charge >= 0.3 is 6.18 Å². The van der Waals surface area contributed by atoms with Gasteiger partial charge in [0.1, 0.15) is 5.69 Å². The van der Waals surface area contributed by atoms with E-state index in [-0.39, 0.29) is 12.1 Å². The lowest BCUT2D eigenvalue weighted by atomic mass is 10.4. The number of hydrogen-bond acceptors (Lipinski definition) is 4. The zero-order valence-electron chi connectivity index (χ0n) is 10.3. The quantitative estimate of drug-likeness (QED) is 0.802. The molecule has 4 nitrogen and oxygen atoms in total. The fourth-order valence-electron chi connectivity index (χ4n) is 1.19. The van der Waals surface area contributed by atoms with Crippen LogP contribution in [-0.2, 0) is 10.9 Å². The second-order valence-corrected chi connectivity index (χ2v) is 3.96. The van der Waals surface area contributed by atoms with Crippen molar-refractivity contribution >= 4 is 5.95 Å². The highest BCUT2D eigenvalue weighted by Crippen LogP contribution is 2.27. The van der Waals surface area contributed by atoms with Crippen LogP contribution in [0.15, 0.2) is 12.3 Å². The van der Waals surface area contributed by atoms with Crippen LogP contribution in [0.4, 0.5) is 19.1 Å². The summed E-state index contributed by atoms with van der Waals surface area (Å²) in [4.78, 5) is 7.11. The van der Waals surface area contributed by atoms with Crippen LogP contribution < -0.4 is 5.32 Å². The summed E-state index contributed by atoms with van der Waals surface area (Å²) in [6, 6.07) is 0.840. The number of nitrogens with one attached hydrogen (secondary N) is 1. The highest BCUT2D eigenvalue weighted by atomic mass is 19.4. The largest absolute Gasteiger partial charge is 0.433 e. The average molecular weight is 263 g/mol. The standard InChI is InChI=1S/C11H16F3N3O/c1-8(2)18-7-3-5-15-10-16-6-4-9(17-10)11(12,13)14/h4,6,8H,3,5,7H2,1-2H3,(H,15,16,17). The van der Waals surface area contributed by atoms with Crippen LogP contribution in [0, 0.1) is 0 Å². The number of nitrogens with zero attached hydrogens (tertiary/aromatic N) is 2. The maximum atomic E-state index is 12.4. The van der Waals surface area contributed by atoms with Gasteiger partial charge in [0.15, 0.2) is 0 Å². The topological polar surface area (TPSA) is 47.0 Å². The summed E-state index contributed by atoms with van der Waals surface area (Å²) < 4.78 is 42.4. The van der Waals surface area contributed by atoms with Crippen molar-refractivity contribution in [2.75, 3.05) is 18.5 Å². The number of hydrogen-bond donors (Lipinski definition) is 1. The molecule has 0 aliphatic heterocycles. The Balaban J connectivity index is 2.39. The predicted molar refractivity (Wildman–Crippen MR) is 61.2 cm³/mol. The van der Waals surface area contributed by atoms with Gasteiger partial charge in [0.05, 0.1) is 6.10 Å². The molecule has 1 aromatic rings. The molecule has 0 saturated carbocycles. The molecule has 18 heavy (non-hydrogen) atoms. The highest BCUT2D eigenvalue weighted by Gasteiger charge is 2.32. The number of ether oxygens (including phenoxy) is 1. The maximum absolute atomic E-state index is 12.4. The summed E-state index contributed by atoms with van der Waals surface area (Å²) >= 11 is 0. The smallest absolute Gasteiger partial charge is 0.379 e. The van der Waals surface area contributed by atoms with Crippen LogP contribution in [-0.4, -0.2) is 29.2 Å². The lowest BCUT2D eigenvalue weighted by molar-refractivity contribution is -0.141. The molecule has 0 atom stereocenters. The Morgan fingerprint density at radius 1 is 1.39 bits per heavy atom. The monoisotopic (exact) mass is 263 g/mol. The lowest BCUT2D eigenvalue weighted by Gasteiger charge is -2.09. The van der Waals surface area contributed by atoms with Crippen molar-refractivity contribution in [1.82, 2.24) is 9.97 Å². The van der Waals surface area contributed by atoms with Crippen LogP contribution in [0.2, 0.25) is 0 Å². The van der Waals surface area contributed by atoms with Crippen molar-refractivity contribution in [2.45, 2.75) is 32.5 Å². The Morgan fingerprint density at radius 3 is 2.72 bits per heavy atom. The SMILES string of the molecule is CC(C)OCCCNc1nccc(C(F)(F)F)n1. The summed E-state index contributed by atoms with van der Waals surface area (Å²) in [5, 5.41) is 2.73. The minimum Gasteiger partial charge on any atom is -0.379 e. The van der Waals surface area contributed by atoms with Gasteiger partial charge < -0.3 is 10.1 Å². The van der Waals surface area contributed by atoms with Gasteiger partial charge in [-0.2, -0.15) is 13.2 Å². The normalized spacial score (nSPS) is 11.9. The summed E-state index contributed by atoms with van der Waals surface area (Å²) in [5.41, 5.74) is -0.946. The van der Waals surface area contributed by atoms with E-state index < -0.39 is 11.9 Å². The van der Waals surface area contributed by atoms with Crippen molar-refractivity contribution in [2.24, 2.45) is 0 Å². The van der Waals surface area contributed by atoms with Gasteiger partial charge in [-0.3, -0.25) is 0 Å². The average Bonchev–Trinajstić information content (AvgIpc) is 2.27. The molecular weight excluding hydrogens is 247 g/mol. The number of halogens is 3. The molecule has 0 saturated heterocycles. The number of anilines is 1. The van der Waals surface area contributed by atoms with E-state index >= 15 is 0 Å². The Morgan fingerprint density at radius 2 is 2.11 bits per heavy atom. The van der Waals surface area contributed by atoms with Gasteiger partial charge in [0, 0.05) is 19.3 Å². The van der Waals surface area contributed by atoms with Crippen molar-refractivity contribution in [3.8, 4) is 0 Å². The third-order valence-electron chi connectivity index (χ3n) is 2.00. The lowest BCUT2D eigenvalue weighted by Crippen LogP contribution is -2.13. The van der Waals surface area contributed by atoms with E-state index in [0.717, 1.165) is 12.3 Å². The first-order valence-electron chi connectivity index (χ1n) is 5.65. The van der Waals surface area contributed by atoms with Crippen LogP contribution >= 0.6 is 0 Å². The molecule has 0 bridgehead atoms. The van der Waals surface area contributed by atoms with Crippen molar-refractivity contribution in [3.05, 3.63) is 18.0 Å². The van der Waals surface area contributed by atoms with Crippen LogP contribution in [0.1, 0.15) is 26.0 Å². The molecule has 0 unspecified atom stereocenters. The van der Waals surface area contributed by atoms with Gasteiger partial charge in [-0.25, -0.2) is 9.97 Å². The summed E-state index contributed by atoms with van der Waals surface area (Å²) in [7, 11) is 0. The second-order valence-electron chi connectivity index (χ2n) is 3.96. The molecule has 0 radical (unpaired) electrons. The van der Waals surface area contributed by atoms with Crippen molar-refractivity contribution in [3.63, 3.8) is 0 Å². The molecule has 0 fully saturated rings. The maximum Gasteiger partial charge on any atom is 0.433 e. The fourth-order valence-corrected chi connectivity index (χ4v) is 1.19. The van der Waals surface area contributed by atoms with E-state index in [1.54, 1.807) is 0 Å². The van der Waals surface area contributed by atoms with Crippen LogP contribution in [0.5, 0.6) is 0 Å². The molecule has 1 rings (SSSR count). The Bertz CT molecular complexity index is 369. The Hall–Kier alpha value is -1.37. The Labute approximate surface area is 104 Å². The summed E-state index contributed by atoms with van der Waals surface area (Å²) in [6.45, 7) is 4.85. The number of alkyl halides is 3. The minimum absolute atomic E-state index is 0.0191. The predicted octanol–water partition coefficient (Wildman–Crippen LogP) is 2.72. The van der Waals surface area contributed by atoms with Gasteiger partial charge in [-0.15, -0.1) is 0 Å². The highest BCUT2D eigenvalue weighted by molar-refractivity contribution is 5.25. The fraction of sp³-hybridized carbons (Fsp3) is 0.636. The molecule has 1 heterocycles. The molecule has 0 aromatic carbocycles. The number of aromatic nitrogens is 2. The molecular formula is C11H16F3N3O. The third-order valence-corrected chi connectivity index (χ3v) is 2.00. The van der Waals surface area contributed by atoms with Gasteiger partial charge in [-0.1, -0.05) is 0 Å². The number of rotatable bonds is 6. The van der Waals surface area contributed by atoms with Gasteiger partial charge in [0.2, 0.25) is 5.95 Å². The molecule has 7 heteroatoms. The van der Waals surface area contributed by atoms with Gasteiger partial charge in [-0.05, 0) is 26.3 Å². The first-order valence-corrected chi connectivity index (χ1v) is 5.65. The second kappa shape index (κ2) is 6.53.